The lowest BCUT2D eigenvalue weighted by Gasteiger charge is -2.34. The van der Waals surface area contributed by atoms with Crippen molar-refractivity contribution >= 4 is 22.6 Å². The number of carbonyl (C=O) groups excluding carboxylic acids is 1. The SMILES string of the molecule is CN1CCN(c2ccc(-c3cnc4[nH]cc(-c5ccc(C(=O)N(C)C)cc5)c4c3)cc2C#N)CC1. The minimum absolute atomic E-state index is 0.0206. The highest BCUT2D eigenvalue weighted by molar-refractivity contribution is 5.98. The fourth-order valence-corrected chi connectivity index (χ4v) is 4.58. The number of pyridine rings is 1. The number of hydrogen-bond acceptors (Lipinski definition) is 5. The molecule has 1 saturated heterocycles. The monoisotopic (exact) mass is 464 g/mol. The summed E-state index contributed by atoms with van der Waals surface area (Å²) in [7, 11) is 5.62. The number of hydrogen-bond donors (Lipinski definition) is 1. The summed E-state index contributed by atoms with van der Waals surface area (Å²) in [4.78, 5) is 26.3. The Balaban J connectivity index is 1.48. The summed E-state index contributed by atoms with van der Waals surface area (Å²) < 4.78 is 0. The number of nitriles is 1. The normalized spacial score (nSPS) is 14.2. The first-order valence-corrected chi connectivity index (χ1v) is 11.7. The summed E-state index contributed by atoms with van der Waals surface area (Å²) in [6, 6.07) is 18.2. The van der Waals surface area contributed by atoms with Crippen LogP contribution in [0.25, 0.3) is 33.3 Å². The van der Waals surface area contributed by atoms with Gasteiger partial charge in [-0.3, -0.25) is 4.79 Å². The van der Waals surface area contributed by atoms with Crippen LogP contribution < -0.4 is 4.90 Å². The van der Waals surface area contributed by atoms with Crippen molar-refractivity contribution < 1.29 is 4.79 Å². The number of benzene rings is 2. The van der Waals surface area contributed by atoms with E-state index in [1.807, 2.05) is 42.7 Å². The molecule has 7 heteroatoms. The van der Waals surface area contributed by atoms with E-state index in [0.717, 1.165) is 65.2 Å². The Hall–Kier alpha value is -4.15. The van der Waals surface area contributed by atoms with E-state index in [4.69, 9.17) is 0 Å². The second-order valence-electron chi connectivity index (χ2n) is 9.23. The van der Waals surface area contributed by atoms with Gasteiger partial charge in [0.2, 0.25) is 0 Å². The number of fused-ring (bicyclic) bond motifs is 1. The molecular formula is C28H28N6O. The fourth-order valence-electron chi connectivity index (χ4n) is 4.58. The molecule has 1 amide bonds. The van der Waals surface area contributed by atoms with Crippen molar-refractivity contribution in [3.63, 3.8) is 0 Å². The van der Waals surface area contributed by atoms with Crippen LogP contribution >= 0.6 is 0 Å². The summed E-state index contributed by atoms with van der Waals surface area (Å²) in [5, 5.41) is 10.9. The third-order valence-electron chi connectivity index (χ3n) is 6.67. The van der Waals surface area contributed by atoms with Crippen LogP contribution in [0.3, 0.4) is 0 Å². The van der Waals surface area contributed by atoms with Crippen LogP contribution in [-0.2, 0) is 0 Å². The predicted octanol–water partition coefficient (Wildman–Crippen LogP) is 4.22. The molecule has 5 rings (SSSR count). The molecule has 7 nitrogen and oxygen atoms in total. The second-order valence-corrected chi connectivity index (χ2v) is 9.23. The average Bonchev–Trinajstić information content (AvgIpc) is 3.32. The number of piperazine rings is 1. The maximum absolute atomic E-state index is 12.2. The molecule has 1 aliphatic heterocycles. The number of H-pyrrole nitrogens is 1. The van der Waals surface area contributed by atoms with Crippen molar-refractivity contribution in [2.45, 2.75) is 0 Å². The first-order valence-electron chi connectivity index (χ1n) is 11.7. The zero-order valence-corrected chi connectivity index (χ0v) is 20.2. The zero-order chi connectivity index (χ0) is 24.5. The van der Waals surface area contributed by atoms with Gasteiger partial charge in [0.05, 0.1) is 11.3 Å². The van der Waals surface area contributed by atoms with Gasteiger partial charge < -0.3 is 19.7 Å². The van der Waals surface area contributed by atoms with Gasteiger partial charge in [-0.1, -0.05) is 18.2 Å². The fraction of sp³-hybridized carbons (Fsp3) is 0.250. The van der Waals surface area contributed by atoms with Crippen LogP contribution in [0, 0.1) is 11.3 Å². The van der Waals surface area contributed by atoms with Crippen molar-refractivity contribution in [1.29, 1.82) is 5.26 Å². The molecule has 0 saturated carbocycles. The molecule has 2 aromatic carbocycles. The number of aromatic amines is 1. The van der Waals surface area contributed by atoms with Crippen molar-refractivity contribution in [3.8, 4) is 28.3 Å². The van der Waals surface area contributed by atoms with Crippen molar-refractivity contribution in [3.05, 3.63) is 72.1 Å². The van der Waals surface area contributed by atoms with Crippen LogP contribution in [-0.4, -0.2) is 73.0 Å². The van der Waals surface area contributed by atoms with Gasteiger partial charge in [-0.2, -0.15) is 5.26 Å². The van der Waals surface area contributed by atoms with E-state index >= 15 is 0 Å². The highest BCUT2D eigenvalue weighted by Crippen LogP contribution is 2.33. The first kappa shape index (κ1) is 22.6. The van der Waals surface area contributed by atoms with Gasteiger partial charge in [0.15, 0.2) is 0 Å². The molecule has 3 heterocycles. The molecule has 0 bridgehead atoms. The highest BCUT2D eigenvalue weighted by Gasteiger charge is 2.18. The topological polar surface area (TPSA) is 79.3 Å². The molecule has 2 aromatic heterocycles. The third-order valence-corrected chi connectivity index (χ3v) is 6.67. The third kappa shape index (κ3) is 4.36. The second kappa shape index (κ2) is 9.24. The number of nitrogens with zero attached hydrogens (tertiary/aromatic N) is 5. The maximum Gasteiger partial charge on any atom is 0.253 e. The number of amides is 1. The molecule has 176 valence electrons. The Labute approximate surface area is 205 Å². The van der Waals surface area contributed by atoms with Crippen LogP contribution in [0.15, 0.2) is 60.9 Å². The molecule has 35 heavy (non-hydrogen) atoms. The standard InChI is InChI=1S/C28H28N6O/c1-32(2)28(35)20-6-4-19(5-7-20)25-18-31-27-24(25)15-23(17-30-27)21-8-9-26(22(14-21)16-29)34-12-10-33(3)11-13-34/h4-9,14-15,17-18H,10-13H2,1-3H3,(H,30,31). The van der Waals surface area contributed by atoms with Crippen molar-refractivity contribution in [2.24, 2.45) is 0 Å². The summed E-state index contributed by atoms with van der Waals surface area (Å²) >= 11 is 0. The number of rotatable bonds is 4. The van der Waals surface area contributed by atoms with E-state index in [-0.39, 0.29) is 5.91 Å². The van der Waals surface area contributed by atoms with Gasteiger partial charge >= 0.3 is 0 Å². The summed E-state index contributed by atoms with van der Waals surface area (Å²) in [5.41, 5.74) is 7.08. The average molecular weight is 465 g/mol. The van der Waals surface area contributed by atoms with Crippen LogP contribution in [0.1, 0.15) is 15.9 Å². The minimum Gasteiger partial charge on any atom is -0.368 e. The molecule has 0 aliphatic carbocycles. The summed E-state index contributed by atoms with van der Waals surface area (Å²) in [6.45, 7) is 3.83. The number of aromatic nitrogens is 2. The maximum atomic E-state index is 12.2. The molecule has 4 aromatic rings. The van der Waals surface area contributed by atoms with E-state index in [2.05, 4.69) is 51.1 Å². The smallest absolute Gasteiger partial charge is 0.253 e. The molecule has 0 spiro atoms. The zero-order valence-electron chi connectivity index (χ0n) is 20.2. The molecule has 0 unspecified atom stereocenters. The Morgan fingerprint density at radius 3 is 2.40 bits per heavy atom. The Morgan fingerprint density at radius 1 is 1.00 bits per heavy atom. The molecular weight excluding hydrogens is 436 g/mol. The summed E-state index contributed by atoms with van der Waals surface area (Å²) in [6.07, 6.45) is 3.79. The van der Waals surface area contributed by atoms with Gasteiger partial charge in [-0.25, -0.2) is 4.98 Å². The van der Waals surface area contributed by atoms with Crippen LogP contribution in [0.2, 0.25) is 0 Å². The lowest BCUT2D eigenvalue weighted by Crippen LogP contribution is -2.44. The van der Waals surface area contributed by atoms with E-state index in [9.17, 15) is 10.1 Å². The van der Waals surface area contributed by atoms with Gasteiger partial charge in [0.1, 0.15) is 11.7 Å². The Kier molecular flexibility index (Phi) is 5.98. The van der Waals surface area contributed by atoms with Crippen molar-refractivity contribution in [2.75, 3.05) is 52.2 Å². The largest absolute Gasteiger partial charge is 0.368 e. The quantitative estimate of drug-likeness (QED) is 0.489. The van der Waals surface area contributed by atoms with Crippen LogP contribution in [0.5, 0.6) is 0 Å². The Morgan fingerprint density at radius 2 is 1.71 bits per heavy atom. The number of likely N-dealkylation sites (N-methyl/N-ethyl adjacent to an activating group) is 1. The van der Waals surface area contributed by atoms with E-state index in [1.165, 1.54) is 0 Å². The predicted molar refractivity (Wildman–Crippen MR) is 139 cm³/mol. The van der Waals surface area contributed by atoms with Gasteiger partial charge in [-0.05, 0) is 48.5 Å². The van der Waals surface area contributed by atoms with Gasteiger partial charge in [0, 0.05) is 74.7 Å². The molecule has 0 atom stereocenters. The Bertz CT molecular complexity index is 1420. The van der Waals surface area contributed by atoms with Gasteiger partial charge in [0.25, 0.3) is 5.91 Å². The molecule has 1 N–H and O–H groups in total. The van der Waals surface area contributed by atoms with E-state index in [0.29, 0.717) is 11.1 Å². The van der Waals surface area contributed by atoms with Gasteiger partial charge in [-0.15, -0.1) is 0 Å². The lowest BCUT2D eigenvalue weighted by atomic mass is 9.99. The van der Waals surface area contributed by atoms with Crippen molar-refractivity contribution in [1.82, 2.24) is 19.8 Å². The number of nitrogens with one attached hydrogen (secondary N) is 1. The molecule has 1 fully saturated rings. The number of carbonyl (C=O) groups is 1. The highest BCUT2D eigenvalue weighted by atomic mass is 16.2. The summed E-state index contributed by atoms with van der Waals surface area (Å²) in [5.74, 6) is -0.0206. The van der Waals surface area contributed by atoms with E-state index in [1.54, 1.807) is 19.0 Å². The lowest BCUT2D eigenvalue weighted by molar-refractivity contribution is 0.0827. The first-order chi connectivity index (χ1) is 16.9. The number of anilines is 1. The van der Waals surface area contributed by atoms with Crippen LogP contribution in [0.4, 0.5) is 5.69 Å². The molecule has 1 aliphatic rings. The molecule has 0 radical (unpaired) electrons. The minimum atomic E-state index is -0.0206. The van der Waals surface area contributed by atoms with E-state index < -0.39 is 0 Å².